The Hall–Kier alpha value is -2.31. The number of hydrogen-bond donors (Lipinski definition) is 1. The van der Waals surface area contributed by atoms with E-state index in [-0.39, 0.29) is 0 Å². The van der Waals surface area contributed by atoms with Crippen LogP contribution >= 0.6 is 27.5 Å². The van der Waals surface area contributed by atoms with E-state index in [0.29, 0.717) is 35.6 Å². The lowest BCUT2D eigenvalue weighted by atomic mass is 10.1. The van der Waals surface area contributed by atoms with Gasteiger partial charge in [0.15, 0.2) is 17.2 Å². The molecule has 0 aliphatic carbocycles. The van der Waals surface area contributed by atoms with E-state index in [1.54, 1.807) is 6.20 Å². The summed E-state index contributed by atoms with van der Waals surface area (Å²) in [6, 6.07) is 11.4. The average molecular weight is 461 g/mol. The van der Waals surface area contributed by atoms with E-state index >= 15 is 0 Å². The van der Waals surface area contributed by atoms with Crippen molar-refractivity contribution in [2.24, 2.45) is 5.92 Å². The second-order valence-electron chi connectivity index (χ2n) is 7.01. The molecule has 1 aromatic carbocycles. The first-order valence-corrected chi connectivity index (χ1v) is 10.2. The number of furan rings is 1. The fraction of sp³-hybridized carbons (Fsp3) is 0.238. The molecule has 0 fully saturated rings. The van der Waals surface area contributed by atoms with Gasteiger partial charge >= 0.3 is 0 Å². The van der Waals surface area contributed by atoms with Gasteiger partial charge < -0.3 is 14.1 Å². The summed E-state index contributed by atoms with van der Waals surface area (Å²) in [5.74, 6) is 3.39. The lowest BCUT2D eigenvalue weighted by Gasteiger charge is -2.13. The minimum absolute atomic E-state index is 0.445. The molecule has 3 aromatic heterocycles. The zero-order valence-corrected chi connectivity index (χ0v) is 17.8. The molecular formula is C21H19BrClN3O2. The van der Waals surface area contributed by atoms with Gasteiger partial charge in [-0.1, -0.05) is 25.4 Å². The number of pyridine rings is 1. The minimum Gasteiger partial charge on any atom is -0.493 e. The number of benzene rings is 1. The Kier molecular flexibility index (Phi) is 5.42. The van der Waals surface area contributed by atoms with Crippen LogP contribution in [0, 0.1) is 5.92 Å². The first-order valence-electron chi connectivity index (χ1n) is 8.99. The monoisotopic (exact) mass is 459 g/mol. The van der Waals surface area contributed by atoms with Gasteiger partial charge in [0, 0.05) is 27.7 Å². The minimum atomic E-state index is 0.445. The molecule has 0 aliphatic heterocycles. The molecule has 7 heteroatoms. The highest BCUT2D eigenvalue weighted by Crippen LogP contribution is 2.29. The molecule has 4 rings (SSSR count). The Balaban J connectivity index is 1.58. The summed E-state index contributed by atoms with van der Waals surface area (Å²) in [4.78, 5) is 12.1. The number of aromatic nitrogens is 3. The van der Waals surface area contributed by atoms with Gasteiger partial charge in [-0.15, -0.1) is 0 Å². The molecular weight excluding hydrogens is 442 g/mol. The third-order valence-corrected chi connectivity index (χ3v) is 4.83. The number of rotatable bonds is 6. The van der Waals surface area contributed by atoms with Gasteiger partial charge in [0.05, 0.1) is 6.61 Å². The molecule has 0 amide bonds. The second kappa shape index (κ2) is 7.97. The van der Waals surface area contributed by atoms with Gasteiger partial charge in [-0.2, -0.15) is 0 Å². The Labute approximate surface area is 176 Å². The van der Waals surface area contributed by atoms with E-state index < -0.39 is 0 Å². The fourth-order valence-electron chi connectivity index (χ4n) is 2.86. The van der Waals surface area contributed by atoms with Crippen molar-refractivity contribution in [3.05, 3.63) is 63.4 Å². The molecule has 4 aromatic rings. The van der Waals surface area contributed by atoms with E-state index in [1.165, 1.54) is 0 Å². The van der Waals surface area contributed by atoms with E-state index in [4.69, 9.17) is 20.8 Å². The van der Waals surface area contributed by atoms with Gasteiger partial charge in [0.2, 0.25) is 0 Å². The summed E-state index contributed by atoms with van der Waals surface area (Å²) >= 11 is 9.60. The summed E-state index contributed by atoms with van der Waals surface area (Å²) in [6.07, 6.45) is 2.31. The molecule has 0 bridgehead atoms. The van der Waals surface area contributed by atoms with Crippen molar-refractivity contribution in [2.45, 2.75) is 20.3 Å². The number of H-pyrrole nitrogens is 1. The molecule has 28 heavy (non-hydrogen) atoms. The first-order chi connectivity index (χ1) is 13.5. The number of fused-ring (bicyclic) bond motifs is 1. The Morgan fingerprint density at radius 3 is 2.89 bits per heavy atom. The molecule has 3 heterocycles. The summed E-state index contributed by atoms with van der Waals surface area (Å²) in [5, 5.41) is 0.674. The van der Waals surface area contributed by atoms with Crippen LogP contribution in [-0.2, 0) is 6.42 Å². The molecule has 0 saturated carbocycles. The molecule has 1 N–H and O–H groups in total. The molecule has 0 aliphatic rings. The van der Waals surface area contributed by atoms with E-state index in [2.05, 4.69) is 44.7 Å². The van der Waals surface area contributed by atoms with Crippen LogP contribution in [0.4, 0.5) is 0 Å². The summed E-state index contributed by atoms with van der Waals surface area (Å²) in [7, 11) is 0. The van der Waals surface area contributed by atoms with Crippen LogP contribution in [0.3, 0.4) is 0 Å². The fourth-order valence-corrected chi connectivity index (χ4v) is 3.37. The van der Waals surface area contributed by atoms with Crippen LogP contribution in [0.1, 0.15) is 25.2 Å². The summed E-state index contributed by atoms with van der Waals surface area (Å²) in [6.45, 7) is 4.89. The van der Waals surface area contributed by atoms with Crippen LogP contribution in [0.25, 0.3) is 22.7 Å². The van der Waals surface area contributed by atoms with Crippen molar-refractivity contribution in [2.75, 3.05) is 6.61 Å². The number of hydrogen-bond acceptors (Lipinski definition) is 4. The maximum Gasteiger partial charge on any atom is 0.175 e. The SMILES string of the molecule is CC(C)COc1ccc(Cl)cc1Cc1ccc(-c2nc3cc(Br)cnc3[nH]2)o1. The Morgan fingerprint density at radius 2 is 2.07 bits per heavy atom. The van der Waals surface area contributed by atoms with Crippen LogP contribution in [-0.4, -0.2) is 21.6 Å². The number of nitrogens with zero attached hydrogens (tertiary/aromatic N) is 2. The van der Waals surface area contributed by atoms with E-state index in [0.717, 1.165) is 32.7 Å². The quantitative estimate of drug-likeness (QED) is 0.369. The summed E-state index contributed by atoms with van der Waals surface area (Å²) in [5.41, 5.74) is 2.49. The molecule has 0 radical (unpaired) electrons. The highest BCUT2D eigenvalue weighted by molar-refractivity contribution is 9.10. The van der Waals surface area contributed by atoms with Crippen molar-refractivity contribution >= 4 is 38.7 Å². The number of aromatic amines is 1. The molecule has 0 unspecified atom stereocenters. The highest BCUT2D eigenvalue weighted by Gasteiger charge is 2.13. The van der Waals surface area contributed by atoms with Crippen molar-refractivity contribution in [1.82, 2.24) is 15.0 Å². The molecule has 5 nitrogen and oxygen atoms in total. The average Bonchev–Trinajstić information content (AvgIpc) is 3.27. The van der Waals surface area contributed by atoms with Crippen LogP contribution < -0.4 is 4.74 Å². The zero-order chi connectivity index (χ0) is 19.7. The molecule has 0 saturated heterocycles. The lowest BCUT2D eigenvalue weighted by Crippen LogP contribution is -2.06. The summed E-state index contributed by atoms with van der Waals surface area (Å²) < 4.78 is 12.8. The van der Waals surface area contributed by atoms with E-state index in [1.807, 2.05) is 36.4 Å². The maximum absolute atomic E-state index is 6.19. The van der Waals surface area contributed by atoms with Crippen LogP contribution in [0.5, 0.6) is 5.75 Å². The van der Waals surface area contributed by atoms with Crippen molar-refractivity contribution in [3.63, 3.8) is 0 Å². The first kappa shape index (κ1) is 19.0. The molecule has 0 spiro atoms. The van der Waals surface area contributed by atoms with Crippen molar-refractivity contribution < 1.29 is 9.15 Å². The Morgan fingerprint density at radius 1 is 1.21 bits per heavy atom. The topological polar surface area (TPSA) is 63.9 Å². The maximum atomic E-state index is 6.19. The van der Waals surface area contributed by atoms with Gasteiger partial charge in [-0.05, 0) is 58.2 Å². The largest absolute Gasteiger partial charge is 0.493 e. The number of ether oxygens (including phenoxy) is 1. The normalized spacial score (nSPS) is 11.5. The van der Waals surface area contributed by atoms with Gasteiger partial charge in [-0.3, -0.25) is 0 Å². The second-order valence-corrected chi connectivity index (χ2v) is 8.36. The number of nitrogens with one attached hydrogen (secondary N) is 1. The van der Waals surface area contributed by atoms with Crippen LogP contribution in [0.15, 0.2) is 51.5 Å². The smallest absolute Gasteiger partial charge is 0.175 e. The van der Waals surface area contributed by atoms with Crippen LogP contribution in [0.2, 0.25) is 5.02 Å². The molecule has 144 valence electrons. The predicted octanol–water partition coefficient (Wildman–Crippen LogP) is 6.26. The standard InChI is InChI=1S/C21H19BrClN3O2/c1-12(2)11-27-18-5-3-15(23)7-13(18)8-16-4-6-19(28-16)21-25-17-9-14(22)10-24-20(17)26-21/h3-7,9-10,12H,8,11H2,1-2H3,(H,24,25,26). The lowest BCUT2D eigenvalue weighted by molar-refractivity contribution is 0.268. The third-order valence-electron chi connectivity index (χ3n) is 4.16. The van der Waals surface area contributed by atoms with Gasteiger partial charge in [0.25, 0.3) is 0 Å². The number of imidazole rings is 1. The van der Waals surface area contributed by atoms with Gasteiger partial charge in [0.1, 0.15) is 17.0 Å². The van der Waals surface area contributed by atoms with Crippen molar-refractivity contribution in [3.8, 4) is 17.3 Å². The molecule has 0 atom stereocenters. The predicted molar refractivity (Wildman–Crippen MR) is 114 cm³/mol. The highest BCUT2D eigenvalue weighted by atomic mass is 79.9. The third kappa shape index (κ3) is 4.23. The van der Waals surface area contributed by atoms with Gasteiger partial charge in [-0.25, -0.2) is 9.97 Å². The van der Waals surface area contributed by atoms with E-state index in [9.17, 15) is 0 Å². The Bertz CT molecular complexity index is 1120. The number of halogens is 2. The van der Waals surface area contributed by atoms with Crippen molar-refractivity contribution in [1.29, 1.82) is 0 Å². The zero-order valence-electron chi connectivity index (χ0n) is 15.5.